The molecule has 28 heavy (non-hydrogen) atoms. The zero-order chi connectivity index (χ0) is 20.0. The minimum absolute atomic E-state index is 0. The van der Waals surface area contributed by atoms with Gasteiger partial charge in [-0.1, -0.05) is 13.8 Å². The van der Waals surface area contributed by atoms with Crippen molar-refractivity contribution in [2.75, 3.05) is 26.7 Å². The van der Waals surface area contributed by atoms with Gasteiger partial charge in [0.2, 0.25) is 15.9 Å². The van der Waals surface area contributed by atoms with Gasteiger partial charge in [-0.2, -0.15) is 4.31 Å². The van der Waals surface area contributed by atoms with Crippen LogP contribution in [0.1, 0.15) is 33.1 Å². The van der Waals surface area contributed by atoms with Gasteiger partial charge in [-0.05, 0) is 49.4 Å². The summed E-state index contributed by atoms with van der Waals surface area (Å²) < 4.78 is 32.1. The van der Waals surface area contributed by atoms with Crippen LogP contribution < -0.4 is 15.8 Å². The summed E-state index contributed by atoms with van der Waals surface area (Å²) in [6.45, 7) is 5.27. The van der Waals surface area contributed by atoms with Gasteiger partial charge in [0.1, 0.15) is 5.75 Å². The van der Waals surface area contributed by atoms with Gasteiger partial charge >= 0.3 is 0 Å². The first kappa shape index (κ1) is 24.7. The summed E-state index contributed by atoms with van der Waals surface area (Å²) in [5.41, 5.74) is 5.75. The molecule has 1 atom stereocenters. The third kappa shape index (κ3) is 6.34. The largest absolute Gasteiger partial charge is 0.497 e. The van der Waals surface area contributed by atoms with Crippen molar-refractivity contribution in [2.24, 2.45) is 17.6 Å². The highest BCUT2D eigenvalue weighted by atomic mass is 35.5. The summed E-state index contributed by atoms with van der Waals surface area (Å²) in [5.74, 6) is 0.872. The number of methoxy groups -OCH3 is 1. The summed E-state index contributed by atoms with van der Waals surface area (Å²) in [7, 11) is -2.02. The first-order valence-electron chi connectivity index (χ1n) is 9.42. The Labute approximate surface area is 174 Å². The molecular formula is C19H32ClN3O4S. The van der Waals surface area contributed by atoms with Gasteiger partial charge in [0.05, 0.1) is 12.0 Å². The van der Waals surface area contributed by atoms with Crippen LogP contribution in [0.25, 0.3) is 0 Å². The van der Waals surface area contributed by atoms with Gasteiger partial charge in [0.15, 0.2) is 0 Å². The molecule has 1 amide bonds. The lowest BCUT2D eigenvalue weighted by Crippen LogP contribution is -2.47. The Morgan fingerprint density at radius 2 is 1.82 bits per heavy atom. The lowest BCUT2D eigenvalue weighted by Gasteiger charge is -2.31. The fraction of sp³-hybridized carbons (Fsp3) is 0.632. The first-order chi connectivity index (χ1) is 12.8. The predicted molar refractivity (Wildman–Crippen MR) is 112 cm³/mol. The van der Waals surface area contributed by atoms with Gasteiger partial charge < -0.3 is 15.8 Å². The van der Waals surface area contributed by atoms with Crippen molar-refractivity contribution < 1.29 is 17.9 Å². The monoisotopic (exact) mass is 433 g/mol. The number of nitrogens with zero attached hydrogens (tertiary/aromatic N) is 1. The van der Waals surface area contributed by atoms with E-state index in [1.807, 2.05) is 0 Å². The number of halogens is 1. The Morgan fingerprint density at radius 3 is 2.29 bits per heavy atom. The summed E-state index contributed by atoms with van der Waals surface area (Å²) >= 11 is 0. The van der Waals surface area contributed by atoms with Crippen LogP contribution in [0.15, 0.2) is 29.2 Å². The molecule has 1 heterocycles. The van der Waals surface area contributed by atoms with Crippen molar-refractivity contribution >= 4 is 28.3 Å². The van der Waals surface area contributed by atoms with Gasteiger partial charge in [-0.3, -0.25) is 4.79 Å². The predicted octanol–water partition coefficient (Wildman–Crippen LogP) is 2.01. The fourth-order valence-corrected chi connectivity index (χ4v) is 4.83. The molecule has 9 heteroatoms. The summed E-state index contributed by atoms with van der Waals surface area (Å²) in [5, 5.41) is 3.02. The van der Waals surface area contributed by atoms with E-state index in [9.17, 15) is 13.2 Å². The van der Waals surface area contributed by atoms with Crippen LogP contribution in [0.5, 0.6) is 5.75 Å². The number of nitrogens with two attached hydrogens (primary N) is 1. The van der Waals surface area contributed by atoms with E-state index >= 15 is 0 Å². The molecule has 0 radical (unpaired) electrons. The molecule has 7 nitrogen and oxygen atoms in total. The average molecular weight is 434 g/mol. The number of hydrogen-bond donors (Lipinski definition) is 2. The standard InChI is InChI=1S/C19H31N3O4S.ClH/c1-14(2)12-16(13-20)21-19(23)15-8-10-22(11-9-15)27(24,25)18-6-4-17(26-3)5-7-18;/h4-7,14-16H,8-13,20H2,1-3H3,(H,21,23);1H. The van der Waals surface area contributed by atoms with Crippen molar-refractivity contribution in [1.82, 2.24) is 9.62 Å². The molecule has 0 spiro atoms. The number of nitrogens with one attached hydrogen (secondary N) is 1. The lowest BCUT2D eigenvalue weighted by atomic mass is 9.96. The van der Waals surface area contributed by atoms with E-state index in [1.165, 1.54) is 11.4 Å². The molecule has 1 fully saturated rings. The number of benzene rings is 1. The Hall–Kier alpha value is -1.35. The molecule has 2 rings (SSSR count). The zero-order valence-electron chi connectivity index (χ0n) is 16.8. The Balaban J connectivity index is 0.00000392. The van der Waals surface area contributed by atoms with Crippen molar-refractivity contribution in [3.8, 4) is 5.75 Å². The highest BCUT2D eigenvalue weighted by molar-refractivity contribution is 7.89. The molecule has 0 bridgehead atoms. The highest BCUT2D eigenvalue weighted by Gasteiger charge is 2.32. The Kier molecular flexibility index (Phi) is 9.69. The van der Waals surface area contributed by atoms with Crippen LogP contribution in [0.4, 0.5) is 0 Å². The number of carbonyl (C=O) groups is 1. The van der Waals surface area contributed by atoms with E-state index in [2.05, 4.69) is 19.2 Å². The van der Waals surface area contributed by atoms with Crippen LogP contribution in [0, 0.1) is 11.8 Å². The molecule has 1 aliphatic heterocycles. The quantitative estimate of drug-likeness (QED) is 0.652. The smallest absolute Gasteiger partial charge is 0.243 e. The highest BCUT2D eigenvalue weighted by Crippen LogP contribution is 2.25. The normalized spacial score (nSPS) is 17.0. The molecule has 0 aliphatic carbocycles. The number of sulfonamides is 1. The van der Waals surface area contributed by atoms with Crippen LogP contribution in [-0.2, 0) is 14.8 Å². The molecule has 0 aromatic heterocycles. The summed E-state index contributed by atoms with van der Waals surface area (Å²) in [6, 6.07) is 6.33. The molecule has 3 N–H and O–H groups in total. The number of hydrogen-bond acceptors (Lipinski definition) is 5. The van der Waals surface area contributed by atoms with Crippen molar-refractivity contribution in [3.63, 3.8) is 0 Å². The van der Waals surface area contributed by atoms with Crippen molar-refractivity contribution in [2.45, 2.75) is 44.0 Å². The minimum atomic E-state index is -3.55. The maximum absolute atomic E-state index is 12.8. The molecule has 1 aliphatic rings. The van der Waals surface area contributed by atoms with Gasteiger partial charge in [0.25, 0.3) is 0 Å². The summed E-state index contributed by atoms with van der Waals surface area (Å²) in [6.07, 6.45) is 1.87. The average Bonchev–Trinajstić information content (AvgIpc) is 2.67. The van der Waals surface area contributed by atoms with Crippen LogP contribution >= 0.6 is 12.4 Å². The molecular weight excluding hydrogens is 402 g/mol. The number of ether oxygens (including phenoxy) is 1. The molecule has 1 aromatic carbocycles. The van der Waals surface area contributed by atoms with E-state index in [1.54, 1.807) is 24.3 Å². The molecule has 160 valence electrons. The fourth-order valence-electron chi connectivity index (χ4n) is 3.36. The van der Waals surface area contributed by atoms with Gasteiger partial charge in [-0.25, -0.2) is 8.42 Å². The molecule has 1 aromatic rings. The second-order valence-corrected chi connectivity index (χ2v) is 9.36. The van der Waals surface area contributed by atoms with Gasteiger partial charge in [0, 0.05) is 31.6 Å². The Morgan fingerprint density at radius 1 is 1.25 bits per heavy atom. The zero-order valence-corrected chi connectivity index (χ0v) is 18.4. The van der Waals surface area contributed by atoms with Crippen LogP contribution in [-0.4, -0.2) is 51.4 Å². The van der Waals surface area contributed by atoms with Gasteiger partial charge in [-0.15, -0.1) is 12.4 Å². The Bertz CT molecular complexity index is 717. The lowest BCUT2D eigenvalue weighted by molar-refractivity contribution is -0.126. The molecule has 0 saturated carbocycles. The van der Waals surface area contributed by atoms with E-state index in [4.69, 9.17) is 10.5 Å². The second kappa shape index (κ2) is 11.0. The second-order valence-electron chi connectivity index (χ2n) is 7.42. The van der Waals surface area contributed by atoms with E-state index in [0.717, 1.165) is 6.42 Å². The van der Waals surface area contributed by atoms with Crippen LogP contribution in [0.3, 0.4) is 0 Å². The SMILES string of the molecule is COc1ccc(S(=O)(=O)N2CCC(C(=O)NC(CN)CC(C)C)CC2)cc1.Cl. The maximum atomic E-state index is 12.8. The first-order valence-corrected chi connectivity index (χ1v) is 10.9. The van der Waals surface area contributed by atoms with E-state index in [0.29, 0.717) is 44.1 Å². The number of rotatable bonds is 8. The number of amides is 1. The maximum Gasteiger partial charge on any atom is 0.243 e. The summed E-state index contributed by atoms with van der Waals surface area (Å²) in [4.78, 5) is 12.7. The minimum Gasteiger partial charge on any atom is -0.497 e. The number of carbonyl (C=O) groups excluding carboxylic acids is 1. The van der Waals surface area contributed by atoms with Crippen molar-refractivity contribution in [3.05, 3.63) is 24.3 Å². The third-order valence-corrected chi connectivity index (χ3v) is 6.82. The van der Waals surface area contributed by atoms with E-state index in [-0.39, 0.29) is 35.2 Å². The van der Waals surface area contributed by atoms with Crippen LogP contribution in [0.2, 0.25) is 0 Å². The van der Waals surface area contributed by atoms with Crippen molar-refractivity contribution in [1.29, 1.82) is 0 Å². The molecule has 1 saturated heterocycles. The topological polar surface area (TPSA) is 102 Å². The van der Waals surface area contributed by atoms with E-state index < -0.39 is 10.0 Å². The number of piperidine rings is 1. The molecule has 1 unspecified atom stereocenters. The third-order valence-electron chi connectivity index (χ3n) is 4.91.